The van der Waals surface area contributed by atoms with Crippen LogP contribution in [-0.2, 0) is 38.0 Å². The first-order valence-corrected chi connectivity index (χ1v) is 14.6. The number of carbonyl (C=O) groups is 2. The quantitative estimate of drug-likeness (QED) is 0.0662. The van der Waals surface area contributed by atoms with Gasteiger partial charge in [-0.15, -0.1) is 0 Å². The van der Waals surface area contributed by atoms with Crippen LogP contribution in [-0.4, -0.2) is 127 Å². The van der Waals surface area contributed by atoms with Crippen LogP contribution in [0.5, 0.6) is 0 Å². The fraction of sp³-hybridized carbons (Fsp3) is 0.951. The molecule has 0 amide bonds. The summed E-state index contributed by atoms with van der Waals surface area (Å²) in [7, 11) is 0. The van der Waals surface area contributed by atoms with Gasteiger partial charge in [-0.05, 0) is 60.8 Å². The minimum Gasteiger partial charge on any atom is -0.464 e. The van der Waals surface area contributed by atoms with Crippen LogP contribution in [0.15, 0.2) is 0 Å². The van der Waals surface area contributed by atoms with Gasteiger partial charge in [-0.2, -0.15) is 0 Å². The number of ether oxygens (including phenoxy) is 6. The van der Waals surface area contributed by atoms with Gasteiger partial charge in [-0.1, -0.05) is 117 Å². The average Bonchev–Trinajstić information content (AvgIpc) is 2.90. The fourth-order valence-electron chi connectivity index (χ4n) is 3.50. The first-order valence-electron chi connectivity index (χ1n) is 14.6. The molecule has 0 aromatic carbocycles. The zero-order chi connectivity index (χ0) is 29.7. The van der Waals surface area contributed by atoms with Crippen molar-refractivity contribution in [3.8, 4) is 0 Å². The number of rotatable bonds is 25. The van der Waals surface area contributed by atoms with Crippen molar-refractivity contribution in [1.29, 1.82) is 0 Å². The van der Waals surface area contributed by atoms with E-state index in [1.165, 1.54) is 0 Å². The first-order chi connectivity index (χ1) is 18.4. The van der Waals surface area contributed by atoms with E-state index in [-0.39, 0.29) is 120 Å². The van der Waals surface area contributed by atoms with Gasteiger partial charge in [0.2, 0.25) is 0 Å². The maximum atomic E-state index is 12.4. The lowest BCUT2D eigenvalue weighted by atomic mass is 9.95. The Morgan fingerprint density at radius 2 is 0.784 bits per heavy atom. The second-order valence-corrected chi connectivity index (χ2v) is 11.0. The third kappa shape index (κ3) is 43.0. The van der Waals surface area contributed by atoms with Crippen LogP contribution >= 0.6 is 0 Å². The summed E-state index contributed by atoms with van der Waals surface area (Å²) >= 11 is 0. The van der Waals surface area contributed by atoms with Crippen LogP contribution < -0.4 is 0 Å². The Bertz CT molecular complexity index is 641. The van der Waals surface area contributed by atoms with E-state index >= 15 is 0 Å². The van der Waals surface area contributed by atoms with E-state index in [4.69, 9.17) is 28.4 Å². The molecule has 1 unspecified atom stereocenters. The highest BCUT2D eigenvalue weighted by Crippen LogP contribution is 2.18. The molecule has 0 saturated carbocycles. The molecule has 0 radical (unpaired) electrons. The minimum atomic E-state index is -0.714. The molecule has 1 atom stereocenters. The van der Waals surface area contributed by atoms with E-state index in [1.807, 2.05) is 34.6 Å². The van der Waals surface area contributed by atoms with Crippen LogP contribution in [0, 0.1) is 10.8 Å². The van der Waals surface area contributed by atoms with Crippen LogP contribution in [0.1, 0.15) is 151 Å². The lowest BCUT2D eigenvalue weighted by Crippen LogP contribution is -2.35. The molecule has 0 heterocycles. The second kappa shape index (κ2) is 50.8. The molecule has 0 aliphatic rings. The lowest BCUT2D eigenvalue weighted by molar-refractivity contribution is -0.159. The Labute approximate surface area is 326 Å². The summed E-state index contributed by atoms with van der Waals surface area (Å²) in [6.07, 6.45) is -0.108. The molecule has 0 saturated heterocycles. The number of nitrogens with zero attached hydrogens (tertiary/aromatic N) is 2. The van der Waals surface area contributed by atoms with Gasteiger partial charge >= 0.3 is 11.9 Å². The van der Waals surface area contributed by atoms with Crippen molar-refractivity contribution < 1.29 is 38.0 Å². The van der Waals surface area contributed by atoms with E-state index in [2.05, 4.69) is 37.5 Å². The number of esters is 2. The largest absolute Gasteiger partial charge is 0.464 e. The van der Waals surface area contributed by atoms with E-state index in [1.54, 1.807) is 0 Å². The van der Waals surface area contributed by atoms with E-state index in [0.29, 0.717) is 46.2 Å². The Morgan fingerprint density at radius 1 is 0.490 bits per heavy atom. The molecule has 0 rings (SSSR count). The summed E-state index contributed by atoms with van der Waals surface area (Å²) in [6.45, 7) is 26.1. The predicted molar refractivity (Wildman–Crippen MR) is 234 cm³/mol. The molecule has 51 heavy (non-hydrogen) atoms. The van der Waals surface area contributed by atoms with E-state index < -0.39 is 10.8 Å². The van der Waals surface area contributed by atoms with Crippen molar-refractivity contribution in [2.24, 2.45) is 10.8 Å². The van der Waals surface area contributed by atoms with Crippen molar-refractivity contribution in [3.05, 3.63) is 0 Å². The summed E-state index contributed by atoms with van der Waals surface area (Å²) in [5.41, 5.74) is -1.43. The number of hydrogen-bond acceptors (Lipinski definition) is 10. The molecule has 0 fully saturated rings. The second-order valence-electron chi connectivity index (χ2n) is 11.0. The molecule has 0 N–H and O–H groups in total. The summed E-state index contributed by atoms with van der Waals surface area (Å²) in [6, 6.07) is 0. The third-order valence-electron chi connectivity index (χ3n) is 6.46. The maximum absolute atomic E-state index is 12.4. The van der Waals surface area contributed by atoms with Crippen molar-refractivity contribution in [3.63, 3.8) is 0 Å². The summed E-state index contributed by atoms with van der Waals surface area (Å²) in [5, 5.41) is 0. The van der Waals surface area contributed by atoms with Gasteiger partial charge in [0, 0.05) is 13.1 Å². The zero-order valence-corrected chi connectivity index (χ0v) is 26.3. The number of carbonyl (C=O) groups excluding carboxylic acids is 2. The summed E-state index contributed by atoms with van der Waals surface area (Å²) < 4.78 is 33.5. The lowest BCUT2D eigenvalue weighted by Gasteiger charge is -2.24. The van der Waals surface area contributed by atoms with Crippen molar-refractivity contribution >= 4 is 11.9 Å². The third-order valence-corrected chi connectivity index (χ3v) is 6.46. The van der Waals surface area contributed by atoms with Crippen LogP contribution in [0.25, 0.3) is 0 Å². The van der Waals surface area contributed by atoms with Gasteiger partial charge in [-0.25, -0.2) is 0 Å². The molecular formula is C41H106N2O8. The summed E-state index contributed by atoms with van der Waals surface area (Å²) in [5.74, 6) is -0.509. The topological polar surface area (TPSA) is 96.0 Å². The van der Waals surface area contributed by atoms with Crippen LogP contribution in [0.2, 0.25) is 0 Å². The molecule has 10 heteroatoms. The normalized spacial score (nSPS) is 10.1. The van der Waals surface area contributed by atoms with E-state index in [0.717, 1.165) is 39.3 Å². The van der Waals surface area contributed by atoms with Crippen molar-refractivity contribution in [2.75, 3.05) is 98.7 Å². The Kier molecular flexibility index (Phi) is 87.2. The van der Waals surface area contributed by atoms with E-state index in [9.17, 15) is 9.59 Å². The average molecular weight is 755 g/mol. The SMILES string of the molecule is C.C.C.C.C.C.C.C.C.C.C.C.CCN(CC)CCOC(=O)C(C)(C)COCCOCC(C)OCCOCC(C)(C)C(=O)OCCN(CC)CC. The Morgan fingerprint density at radius 3 is 1.10 bits per heavy atom. The zero-order valence-electron chi connectivity index (χ0n) is 26.3. The monoisotopic (exact) mass is 755 g/mol. The van der Waals surface area contributed by atoms with Gasteiger partial charge in [0.25, 0.3) is 0 Å². The van der Waals surface area contributed by atoms with Gasteiger partial charge in [-0.3, -0.25) is 9.59 Å². The maximum Gasteiger partial charge on any atom is 0.313 e. The molecule has 0 aromatic heterocycles. The number of likely N-dealkylation sites (N-methyl/N-ethyl adjacent to an activating group) is 2. The predicted octanol–water partition coefficient (Wildman–Crippen LogP) is 10.9. The smallest absolute Gasteiger partial charge is 0.313 e. The Hall–Kier alpha value is -1.30. The molecule has 328 valence electrons. The molecule has 0 aliphatic carbocycles. The van der Waals surface area contributed by atoms with Crippen molar-refractivity contribution in [2.45, 2.75) is 158 Å². The first kappa shape index (κ1) is 87.5. The van der Waals surface area contributed by atoms with Crippen LogP contribution in [0.3, 0.4) is 0 Å². The molecule has 0 aromatic rings. The van der Waals surface area contributed by atoms with Gasteiger partial charge in [0.15, 0.2) is 0 Å². The standard InChI is InChI=1S/C29H58N2O8.12CH4/c1-10-30(11-2)14-16-38-26(32)28(6,7)23-35-19-18-34-22-25(5)37-21-20-36-24-29(8,9)27(33)39-17-15-31(12-3)13-4;;;;;;;;;;;;/h25H,10-24H2,1-9H3;12*1H4. The van der Waals surface area contributed by atoms with Crippen LogP contribution in [0.4, 0.5) is 0 Å². The van der Waals surface area contributed by atoms with Gasteiger partial charge in [0.05, 0.1) is 63.2 Å². The molecule has 0 spiro atoms. The Balaban J connectivity index is -0.000000109. The fourth-order valence-corrected chi connectivity index (χ4v) is 3.50. The van der Waals surface area contributed by atoms with Crippen molar-refractivity contribution in [1.82, 2.24) is 9.80 Å². The number of hydrogen-bond donors (Lipinski definition) is 0. The highest BCUT2D eigenvalue weighted by Gasteiger charge is 2.30. The highest BCUT2D eigenvalue weighted by atomic mass is 16.6. The van der Waals surface area contributed by atoms with Gasteiger partial charge < -0.3 is 38.2 Å². The molecule has 10 nitrogen and oxygen atoms in total. The molecule has 0 bridgehead atoms. The minimum absolute atomic E-state index is 0. The van der Waals surface area contributed by atoms with Gasteiger partial charge in [0.1, 0.15) is 13.2 Å². The molecule has 0 aliphatic heterocycles. The summed E-state index contributed by atoms with van der Waals surface area (Å²) in [4.78, 5) is 29.1. The molecular weight excluding hydrogens is 648 g/mol. The highest BCUT2D eigenvalue weighted by molar-refractivity contribution is 5.76.